The number of anilines is 1. The number of aryl methyl sites for hydroxylation is 1. The molecule has 0 aromatic heterocycles. The van der Waals surface area contributed by atoms with Crippen molar-refractivity contribution in [1.82, 2.24) is 0 Å². The fraction of sp³-hybridized carbons (Fsp3) is 0.158. The third-order valence-electron chi connectivity index (χ3n) is 3.51. The minimum absolute atomic E-state index is 0.150. The number of nitrogens with one attached hydrogen (secondary N) is 1. The van der Waals surface area contributed by atoms with Crippen molar-refractivity contribution in [1.29, 1.82) is 0 Å². The largest absolute Gasteiger partial charge is 0.466 e. The molecule has 9 nitrogen and oxygen atoms in total. The highest BCUT2D eigenvalue weighted by Crippen LogP contribution is 2.30. The molecule has 0 saturated heterocycles. The molecule has 0 saturated carbocycles. The maximum absolute atomic E-state index is 11.9. The van der Waals surface area contributed by atoms with Crippen LogP contribution in [-0.2, 0) is 19.1 Å². The number of rotatable bonds is 7. The summed E-state index contributed by atoms with van der Waals surface area (Å²) in [4.78, 5) is 34.0. The number of nitro groups is 1. The van der Waals surface area contributed by atoms with Crippen molar-refractivity contribution >= 4 is 23.3 Å². The van der Waals surface area contributed by atoms with Gasteiger partial charge in [0, 0.05) is 17.8 Å². The predicted octanol–water partition coefficient (Wildman–Crippen LogP) is 3.34. The van der Waals surface area contributed by atoms with Crippen molar-refractivity contribution in [2.45, 2.75) is 6.92 Å². The van der Waals surface area contributed by atoms with Gasteiger partial charge < -0.3 is 19.5 Å². The van der Waals surface area contributed by atoms with Crippen LogP contribution in [0, 0.1) is 17.0 Å². The zero-order chi connectivity index (χ0) is 20.7. The third-order valence-corrected chi connectivity index (χ3v) is 3.51. The maximum atomic E-state index is 11.9. The Hall–Kier alpha value is -3.88. The van der Waals surface area contributed by atoms with E-state index in [9.17, 15) is 19.7 Å². The van der Waals surface area contributed by atoms with E-state index in [2.05, 4.69) is 14.8 Å². The minimum Gasteiger partial charge on any atom is -0.466 e. The van der Waals surface area contributed by atoms with Crippen LogP contribution in [0.25, 0.3) is 0 Å². The summed E-state index contributed by atoms with van der Waals surface area (Å²) in [5.74, 6) is -0.995. The molecule has 28 heavy (non-hydrogen) atoms. The molecule has 0 aliphatic carbocycles. The molecule has 0 spiro atoms. The molecule has 0 atom stereocenters. The second-order valence-corrected chi connectivity index (χ2v) is 5.59. The molecule has 2 aromatic carbocycles. The Balaban J connectivity index is 2.39. The lowest BCUT2D eigenvalue weighted by Crippen LogP contribution is -2.15. The summed E-state index contributed by atoms with van der Waals surface area (Å²) in [5, 5.41) is 13.9. The first-order valence-electron chi connectivity index (χ1n) is 8.01. The first kappa shape index (κ1) is 20.4. The number of carbonyl (C=O) groups is 2. The number of methoxy groups -OCH3 is 2. The van der Waals surface area contributed by atoms with Crippen LogP contribution in [0.1, 0.15) is 5.56 Å². The summed E-state index contributed by atoms with van der Waals surface area (Å²) >= 11 is 0. The second kappa shape index (κ2) is 9.17. The van der Waals surface area contributed by atoms with E-state index >= 15 is 0 Å². The van der Waals surface area contributed by atoms with Gasteiger partial charge in [-0.1, -0.05) is 17.7 Å². The van der Waals surface area contributed by atoms with E-state index in [0.29, 0.717) is 5.75 Å². The quantitative estimate of drug-likeness (QED) is 0.333. The number of nitro benzene ring substituents is 1. The Bertz CT molecular complexity index is 920. The number of hydrogen-bond donors (Lipinski definition) is 1. The van der Waals surface area contributed by atoms with Crippen molar-refractivity contribution in [2.75, 3.05) is 19.5 Å². The maximum Gasteiger partial charge on any atom is 0.354 e. The third kappa shape index (κ3) is 5.56. The number of esters is 2. The van der Waals surface area contributed by atoms with Crippen molar-refractivity contribution in [3.05, 3.63) is 69.9 Å². The lowest BCUT2D eigenvalue weighted by molar-refractivity contribution is -0.384. The molecule has 1 N–H and O–H groups in total. The van der Waals surface area contributed by atoms with E-state index in [-0.39, 0.29) is 22.8 Å². The standard InChI is InChI=1S/C19H18N2O7/c1-12-4-6-15(7-5-12)28-16-9-13(8-14(10-16)21(24)25)20-17(19(23)27-3)11-18(22)26-2/h4-11,20H,1-3H3/b17-11+. The van der Waals surface area contributed by atoms with Crippen LogP contribution < -0.4 is 10.1 Å². The van der Waals surface area contributed by atoms with Gasteiger partial charge in [0.25, 0.3) is 5.69 Å². The topological polar surface area (TPSA) is 117 Å². The lowest BCUT2D eigenvalue weighted by Gasteiger charge is -2.11. The molecule has 0 amide bonds. The Morgan fingerprint density at radius 2 is 1.71 bits per heavy atom. The van der Waals surface area contributed by atoms with Gasteiger partial charge in [-0.3, -0.25) is 10.1 Å². The Labute approximate surface area is 160 Å². The van der Waals surface area contributed by atoms with Gasteiger partial charge in [0.05, 0.1) is 31.3 Å². The van der Waals surface area contributed by atoms with E-state index in [4.69, 9.17) is 4.74 Å². The van der Waals surface area contributed by atoms with E-state index in [1.807, 2.05) is 19.1 Å². The Morgan fingerprint density at radius 1 is 1.04 bits per heavy atom. The van der Waals surface area contributed by atoms with Gasteiger partial charge in [-0.25, -0.2) is 9.59 Å². The van der Waals surface area contributed by atoms with Gasteiger partial charge in [-0.2, -0.15) is 0 Å². The van der Waals surface area contributed by atoms with Crippen LogP contribution in [0.4, 0.5) is 11.4 Å². The van der Waals surface area contributed by atoms with Gasteiger partial charge in [-0.15, -0.1) is 0 Å². The first-order valence-corrected chi connectivity index (χ1v) is 8.01. The number of nitrogens with zero attached hydrogens (tertiary/aromatic N) is 1. The van der Waals surface area contributed by atoms with Crippen molar-refractivity contribution in [3.8, 4) is 11.5 Å². The summed E-state index contributed by atoms with van der Waals surface area (Å²) < 4.78 is 14.8. The summed E-state index contributed by atoms with van der Waals surface area (Å²) in [7, 11) is 2.28. The molecule has 0 aliphatic heterocycles. The van der Waals surface area contributed by atoms with Crippen LogP contribution in [0.5, 0.6) is 11.5 Å². The average Bonchev–Trinajstić information content (AvgIpc) is 2.68. The summed E-state index contributed by atoms with van der Waals surface area (Å²) in [6.07, 6.45) is 0.880. The van der Waals surface area contributed by atoms with E-state index in [1.54, 1.807) is 12.1 Å². The molecule has 0 fully saturated rings. The van der Waals surface area contributed by atoms with Crippen molar-refractivity contribution < 1.29 is 28.7 Å². The number of hydrogen-bond acceptors (Lipinski definition) is 8. The summed E-state index contributed by atoms with van der Waals surface area (Å²) in [6.45, 7) is 1.92. The van der Waals surface area contributed by atoms with Crippen molar-refractivity contribution in [3.63, 3.8) is 0 Å². The summed E-state index contributed by atoms with van der Waals surface area (Å²) in [5.41, 5.74) is 0.659. The number of non-ortho nitro benzene ring substituents is 1. The molecule has 0 heterocycles. The first-order chi connectivity index (χ1) is 13.3. The highest BCUT2D eigenvalue weighted by atomic mass is 16.6. The van der Waals surface area contributed by atoms with Crippen LogP contribution in [-0.4, -0.2) is 31.1 Å². The molecule has 2 rings (SSSR count). The van der Waals surface area contributed by atoms with Gasteiger partial charge >= 0.3 is 11.9 Å². The highest BCUT2D eigenvalue weighted by Gasteiger charge is 2.16. The zero-order valence-corrected chi connectivity index (χ0v) is 15.4. The van der Waals surface area contributed by atoms with E-state index in [1.165, 1.54) is 18.2 Å². The molecule has 0 unspecified atom stereocenters. The Kier molecular flexibility index (Phi) is 6.69. The molecular formula is C19H18N2O7. The molecule has 0 aliphatic rings. The normalized spacial score (nSPS) is 10.8. The predicted molar refractivity (Wildman–Crippen MR) is 100 cm³/mol. The summed E-state index contributed by atoms with van der Waals surface area (Å²) in [6, 6.07) is 11.0. The number of ether oxygens (including phenoxy) is 3. The highest BCUT2D eigenvalue weighted by molar-refractivity contribution is 5.98. The molecule has 2 aromatic rings. The SMILES string of the molecule is COC(=O)/C=C(/Nc1cc(Oc2ccc(C)cc2)cc([N+](=O)[O-])c1)C(=O)OC. The van der Waals surface area contributed by atoms with Crippen LogP contribution in [0.2, 0.25) is 0 Å². The fourth-order valence-electron chi connectivity index (χ4n) is 2.15. The molecule has 0 radical (unpaired) electrons. The zero-order valence-electron chi connectivity index (χ0n) is 15.4. The number of carbonyl (C=O) groups excluding carboxylic acids is 2. The molecule has 0 bridgehead atoms. The molecule has 146 valence electrons. The van der Waals surface area contributed by atoms with Crippen molar-refractivity contribution in [2.24, 2.45) is 0 Å². The van der Waals surface area contributed by atoms with Crippen LogP contribution in [0.3, 0.4) is 0 Å². The lowest BCUT2D eigenvalue weighted by atomic mass is 10.2. The van der Waals surface area contributed by atoms with E-state index in [0.717, 1.165) is 25.9 Å². The van der Waals surface area contributed by atoms with Gasteiger partial charge in [-0.05, 0) is 19.1 Å². The average molecular weight is 386 g/mol. The minimum atomic E-state index is -0.849. The fourth-order valence-corrected chi connectivity index (χ4v) is 2.15. The molecule has 9 heteroatoms. The van der Waals surface area contributed by atoms with Gasteiger partial charge in [0.15, 0.2) is 0 Å². The Morgan fingerprint density at radius 3 is 2.29 bits per heavy atom. The second-order valence-electron chi connectivity index (χ2n) is 5.59. The van der Waals surface area contributed by atoms with E-state index < -0.39 is 16.9 Å². The smallest absolute Gasteiger partial charge is 0.354 e. The van der Waals surface area contributed by atoms with Gasteiger partial charge in [0.2, 0.25) is 0 Å². The van der Waals surface area contributed by atoms with Crippen LogP contribution >= 0.6 is 0 Å². The van der Waals surface area contributed by atoms with Crippen LogP contribution in [0.15, 0.2) is 54.2 Å². The molecular weight excluding hydrogens is 368 g/mol. The number of benzene rings is 2. The monoisotopic (exact) mass is 386 g/mol. The van der Waals surface area contributed by atoms with Gasteiger partial charge in [0.1, 0.15) is 17.2 Å².